The average Bonchev–Trinajstić information content (AvgIpc) is 2.88. The van der Waals surface area contributed by atoms with Gasteiger partial charge in [-0.05, 0) is 18.6 Å². The summed E-state index contributed by atoms with van der Waals surface area (Å²) < 4.78 is 30.7. The van der Waals surface area contributed by atoms with Crippen molar-refractivity contribution < 1.29 is 28.5 Å². The largest absolute Gasteiger partial charge is 0.507 e. The van der Waals surface area contributed by atoms with Crippen LogP contribution in [0.3, 0.4) is 0 Å². The summed E-state index contributed by atoms with van der Waals surface area (Å²) in [6, 6.07) is 2.04. The number of phenols is 1. The van der Waals surface area contributed by atoms with Gasteiger partial charge in [-0.3, -0.25) is 4.79 Å². The summed E-state index contributed by atoms with van der Waals surface area (Å²) in [5.74, 6) is -1.85. The van der Waals surface area contributed by atoms with E-state index in [1.807, 2.05) is 0 Å². The minimum absolute atomic E-state index is 0.202. The molecule has 1 aliphatic rings. The van der Waals surface area contributed by atoms with E-state index < -0.39 is 35.7 Å². The summed E-state index contributed by atoms with van der Waals surface area (Å²) in [5.41, 5.74) is -0.275. The van der Waals surface area contributed by atoms with Crippen molar-refractivity contribution in [2.24, 2.45) is 5.92 Å². The number of carboxylic acid groups (broad SMARTS) is 1. The standard InChI is InChI=1S/C13H15F2NO4/c1-20-7-3-8(11(17)9(4-7)12(14)15)10-2-6(5-16-10)13(18)19/h3-4,6,10,12,16-17H,2,5H2,1H3,(H,18,19). The number of ether oxygens (including phenoxy) is 1. The van der Waals surface area contributed by atoms with Crippen LogP contribution < -0.4 is 10.1 Å². The van der Waals surface area contributed by atoms with E-state index in [1.165, 1.54) is 13.2 Å². The summed E-state index contributed by atoms with van der Waals surface area (Å²) in [4.78, 5) is 10.9. The zero-order valence-electron chi connectivity index (χ0n) is 10.8. The number of methoxy groups -OCH3 is 1. The molecule has 2 atom stereocenters. The maximum atomic E-state index is 12.9. The Morgan fingerprint density at radius 3 is 2.70 bits per heavy atom. The van der Waals surface area contributed by atoms with Crippen LogP contribution in [0.1, 0.15) is 30.0 Å². The third kappa shape index (κ3) is 2.67. The Morgan fingerprint density at radius 1 is 1.50 bits per heavy atom. The number of rotatable bonds is 4. The fourth-order valence-corrected chi connectivity index (χ4v) is 2.36. The van der Waals surface area contributed by atoms with Crippen LogP contribution >= 0.6 is 0 Å². The van der Waals surface area contributed by atoms with Gasteiger partial charge in [-0.1, -0.05) is 0 Å². The van der Waals surface area contributed by atoms with Gasteiger partial charge in [0.25, 0.3) is 6.43 Å². The van der Waals surface area contributed by atoms with Gasteiger partial charge in [-0.25, -0.2) is 8.78 Å². The number of carbonyl (C=O) groups is 1. The summed E-state index contributed by atoms with van der Waals surface area (Å²) in [7, 11) is 1.34. The van der Waals surface area contributed by atoms with E-state index in [1.54, 1.807) is 0 Å². The summed E-state index contributed by atoms with van der Waals surface area (Å²) in [6.07, 6.45) is -2.60. The first-order valence-electron chi connectivity index (χ1n) is 6.09. The summed E-state index contributed by atoms with van der Waals surface area (Å²) in [6.45, 7) is 0.237. The van der Waals surface area contributed by atoms with Crippen LogP contribution in [0.2, 0.25) is 0 Å². The highest BCUT2D eigenvalue weighted by atomic mass is 19.3. The maximum Gasteiger partial charge on any atom is 0.307 e. The van der Waals surface area contributed by atoms with Gasteiger partial charge < -0.3 is 20.3 Å². The van der Waals surface area contributed by atoms with E-state index in [9.17, 15) is 18.7 Å². The number of benzene rings is 1. The summed E-state index contributed by atoms with van der Waals surface area (Å²) in [5, 5.41) is 21.8. The number of halogens is 2. The SMILES string of the molecule is COc1cc(C(F)F)c(O)c(C2CC(C(=O)O)CN2)c1. The van der Waals surface area contributed by atoms with Gasteiger partial charge in [0.15, 0.2) is 0 Å². The number of hydrogen-bond donors (Lipinski definition) is 3. The highest BCUT2D eigenvalue weighted by Crippen LogP contribution is 2.40. The van der Waals surface area contributed by atoms with Crippen molar-refractivity contribution in [1.29, 1.82) is 0 Å². The van der Waals surface area contributed by atoms with Crippen molar-refractivity contribution in [2.75, 3.05) is 13.7 Å². The van der Waals surface area contributed by atoms with Gasteiger partial charge >= 0.3 is 5.97 Å². The Kier molecular flexibility index (Phi) is 4.08. The van der Waals surface area contributed by atoms with E-state index in [4.69, 9.17) is 9.84 Å². The molecule has 0 bridgehead atoms. The third-order valence-electron chi connectivity index (χ3n) is 3.47. The molecule has 1 aromatic carbocycles. The smallest absolute Gasteiger partial charge is 0.307 e. The lowest BCUT2D eigenvalue weighted by Gasteiger charge is -2.17. The van der Waals surface area contributed by atoms with Gasteiger partial charge in [-0.15, -0.1) is 0 Å². The molecule has 110 valence electrons. The van der Waals surface area contributed by atoms with E-state index in [0.29, 0.717) is 0 Å². The number of phenolic OH excluding ortho intramolecular Hbond substituents is 1. The average molecular weight is 287 g/mol. The Hall–Kier alpha value is -1.89. The monoisotopic (exact) mass is 287 g/mol. The second kappa shape index (κ2) is 5.62. The van der Waals surface area contributed by atoms with E-state index in [0.717, 1.165) is 6.07 Å². The van der Waals surface area contributed by atoms with E-state index in [-0.39, 0.29) is 24.3 Å². The quantitative estimate of drug-likeness (QED) is 0.790. The maximum absolute atomic E-state index is 12.9. The molecule has 1 saturated heterocycles. The molecule has 0 amide bonds. The molecule has 0 aromatic heterocycles. The first-order chi connectivity index (χ1) is 9.43. The molecule has 1 aromatic rings. The third-order valence-corrected chi connectivity index (χ3v) is 3.47. The molecule has 0 radical (unpaired) electrons. The second-order valence-electron chi connectivity index (χ2n) is 4.69. The Bertz CT molecular complexity index is 521. The first kappa shape index (κ1) is 14.5. The summed E-state index contributed by atoms with van der Waals surface area (Å²) >= 11 is 0. The minimum atomic E-state index is -2.83. The highest BCUT2D eigenvalue weighted by Gasteiger charge is 2.33. The fraction of sp³-hybridized carbons (Fsp3) is 0.462. The topological polar surface area (TPSA) is 78.8 Å². The number of nitrogens with one attached hydrogen (secondary N) is 1. The molecule has 0 spiro atoms. The number of aliphatic carboxylic acids is 1. The molecular formula is C13H15F2NO4. The van der Waals surface area contributed by atoms with Crippen molar-refractivity contribution in [3.63, 3.8) is 0 Å². The Labute approximate surface area is 114 Å². The van der Waals surface area contributed by atoms with Gasteiger partial charge in [0.05, 0.1) is 18.6 Å². The predicted octanol–water partition coefficient (Wildman–Crippen LogP) is 2.07. The molecule has 2 unspecified atom stereocenters. The molecule has 1 fully saturated rings. The van der Waals surface area contributed by atoms with E-state index in [2.05, 4.69) is 5.32 Å². The molecule has 1 aliphatic heterocycles. The van der Waals surface area contributed by atoms with Crippen LogP contribution in [0.4, 0.5) is 8.78 Å². The van der Waals surface area contributed by atoms with Crippen molar-refractivity contribution >= 4 is 5.97 Å². The second-order valence-corrected chi connectivity index (χ2v) is 4.69. The molecule has 2 rings (SSSR count). The molecule has 3 N–H and O–H groups in total. The lowest BCUT2D eigenvalue weighted by molar-refractivity contribution is -0.141. The molecule has 1 heterocycles. The van der Waals surface area contributed by atoms with Crippen LogP contribution in [0.25, 0.3) is 0 Å². The van der Waals surface area contributed by atoms with Crippen LogP contribution in [0, 0.1) is 5.92 Å². The lowest BCUT2D eigenvalue weighted by atomic mass is 9.97. The van der Waals surface area contributed by atoms with Crippen molar-refractivity contribution in [3.8, 4) is 11.5 Å². The van der Waals surface area contributed by atoms with Crippen molar-refractivity contribution in [1.82, 2.24) is 5.32 Å². The van der Waals surface area contributed by atoms with Gasteiger partial charge in [-0.2, -0.15) is 0 Å². The molecule has 20 heavy (non-hydrogen) atoms. The van der Waals surface area contributed by atoms with Gasteiger partial charge in [0.2, 0.25) is 0 Å². The van der Waals surface area contributed by atoms with Gasteiger partial charge in [0, 0.05) is 18.2 Å². The highest BCUT2D eigenvalue weighted by molar-refractivity contribution is 5.71. The zero-order chi connectivity index (χ0) is 14.9. The van der Waals surface area contributed by atoms with Crippen molar-refractivity contribution in [2.45, 2.75) is 18.9 Å². The number of hydrogen-bond acceptors (Lipinski definition) is 4. The van der Waals surface area contributed by atoms with Crippen LogP contribution in [-0.2, 0) is 4.79 Å². The predicted molar refractivity (Wildman–Crippen MR) is 66.1 cm³/mol. The van der Waals surface area contributed by atoms with Gasteiger partial charge in [0.1, 0.15) is 11.5 Å². The minimum Gasteiger partial charge on any atom is -0.507 e. The Morgan fingerprint density at radius 2 is 2.20 bits per heavy atom. The molecule has 7 heteroatoms. The fourth-order valence-electron chi connectivity index (χ4n) is 2.36. The van der Waals surface area contributed by atoms with Crippen LogP contribution in [-0.4, -0.2) is 29.8 Å². The Balaban J connectivity index is 2.36. The van der Waals surface area contributed by atoms with Crippen LogP contribution in [0.15, 0.2) is 12.1 Å². The molecule has 0 aliphatic carbocycles. The van der Waals surface area contributed by atoms with Crippen LogP contribution in [0.5, 0.6) is 11.5 Å². The zero-order valence-corrected chi connectivity index (χ0v) is 10.8. The first-order valence-corrected chi connectivity index (χ1v) is 6.09. The van der Waals surface area contributed by atoms with E-state index >= 15 is 0 Å². The number of carboxylic acids is 1. The number of aromatic hydroxyl groups is 1. The lowest BCUT2D eigenvalue weighted by Crippen LogP contribution is -2.17. The van der Waals surface area contributed by atoms with Crippen molar-refractivity contribution in [3.05, 3.63) is 23.3 Å². The molecule has 5 nitrogen and oxygen atoms in total. The molecule has 0 saturated carbocycles. The molecular weight excluding hydrogens is 272 g/mol. The number of alkyl halides is 2. The normalized spacial score (nSPS) is 22.2.